The summed E-state index contributed by atoms with van der Waals surface area (Å²) in [6.45, 7) is 2.90. The number of piperazine rings is 1. The number of ether oxygens (including phenoxy) is 1. The molecular formula is C22H23ClN2O3. The van der Waals surface area contributed by atoms with Crippen LogP contribution in [0.4, 0.5) is 0 Å². The van der Waals surface area contributed by atoms with Crippen molar-refractivity contribution in [1.82, 2.24) is 9.80 Å². The molecule has 2 fully saturated rings. The van der Waals surface area contributed by atoms with Gasteiger partial charge in [-0.15, -0.1) is 0 Å². The number of hydrogen-bond donors (Lipinski definition) is 0. The summed E-state index contributed by atoms with van der Waals surface area (Å²) in [6.07, 6.45) is 1.46. The van der Waals surface area contributed by atoms with Gasteiger partial charge in [0.05, 0.1) is 0 Å². The molecule has 2 heterocycles. The highest BCUT2D eigenvalue weighted by atomic mass is 35.5. The predicted molar refractivity (Wildman–Crippen MR) is 108 cm³/mol. The summed E-state index contributed by atoms with van der Waals surface area (Å²) in [5.74, 6) is 0.0730. The highest BCUT2D eigenvalue weighted by Crippen LogP contribution is 2.23. The first kappa shape index (κ1) is 19.0. The molecule has 0 N–H and O–H groups in total. The fraction of sp³-hybridized carbons (Fsp3) is 0.364. The number of carbonyl (C=O) groups is 2. The number of halogens is 1. The van der Waals surface area contributed by atoms with Crippen LogP contribution in [0.5, 0.6) is 0 Å². The molecular weight excluding hydrogens is 376 g/mol. The standard InChI is InChI=1S/C22H23ClN2O3/c23-19-9-7-17(8-10-19)16-3-5-18(6-4-16)21(26)24-11-13-25(14-12-24)22(27)20-2-1-15-28-20/h3-10,20H,1-2,11-15H2/t20-/m0/s1. The smallest absolute Gasteiger partial charge is 0.253 e. The minimum Gasteiger partial charge on any atom is -0.368 e. The van der Waals surface area contributed by atoms with E-state index in [4.69, 9.17) is 16.3 Å². The number of hydrogen-bond acceptors (Lipinski definition) is 3. The first-order valence-electron chi connectivity index (χ1n) is 9.67. The number of rotatable bonds is 3. The van der Waals surface area contributed by atoms with Crippen molar-refractivity contribution in [2.24, 2.45) is 0 Å². The van der Waals surface area contributed by atoms with Gasteiger partial charge in [-0.05, 0) is 48.2 Å². The van der Waals surface area contributed by atoms with E-state index in [1.807, 2.05) is 58.3 Å². The molecule has 0 radical (unpaired) electrons. The van der Waals surface area contributed by atoms with Gasteiger partial charge in [0.15, 0.2) is 0 Å². The van der Waals surface area contributed by atoms with Crippen LogP contribution < -0.4 is 0 Å². The van der Waals surface area contributed by atoms with Crippen molar-refractivity contribution in [3.05, 3.63) is 59.1 Å². The van der Waals surface area contributed by atoms with Crippen LogP contribution in [-0.4, -0.2) is 60.5 Å². The highest BCUT2D eigenvalue weighted by Gasteiger charge is 2.31. The van der Waals surface area contributed by atoms with Gasteiger partial charge in [0.1, 0.15) is 6.10 Å². The molecule has 4 rings (SSSR count). The number of nitrogens with zero attached hydrogens (tertiary/aromatic N) is 2. The Morgan fingerprint density at radius 1 is 0.857 bits per heavy atom. The van der Waals surface area contributed by atoms with Gasteiger partial charge in [0.25, 0.3) is 11.8 Å². The molecule has 2 aliphatic heterocycles. The van der Waals surface area contributed by atoms with E-state index in [9.17, 15) is 9.59 Å². The number of amides is 2. The fourth-order valence-electron chi connectivity index (χ4n) is 3.74. The largest absolute Gasteiger partial charge is 0.368 e. The minimum absolute atomic E-state index is 0.00636. The second kappa shape index (κ2) is 8.33. The van der Waals surface area contributed by atoms with E-state index in [1.165, 1.54) is 0 Å². The zero-order valence-electron chi connectivity index (χ0n) is 15.6. The Bertz CT molecular complexity index is 837. The Morgan fingerprint density at radius 3 is 2.00 bits per heavy atom. The summed E-state index contributed by atoms with van der Waals surface area (Å²) in [7, 11) is 0. The zero-order valence-corrected chi connectivity index (χ0v) is 16.4. The van der Waals surface area contributed by atoms with Gasteiger partial charge in [-0.3, -0.25) is 9.59 Å². The first-order chi connectivity index (χ1) is 13.6. The number of benzene rings is 2. The summed E-state index contributed by atoms with van der Waals surface area (Å²) in [6, 6.07) is 15.3. The monoisotopic (exact) mass is 398 g/mol. The van der Waals surface area contributed by atoms with E-state index in [2.05, 4.69) is 0 Å². The van der Waals surface area contributed by atoms with E-state index < -0.39 is 0 Å². The molecule has 5 nitrogen and oxygen atoms in total. The van der Waals surface area contributed by atoms with Crippen molar-refractivity contribution in [3.63, 3.8) is 0 Å². The highest BCUT2D eigenvalue weighted by molar-refractivity contribution is 6.30. The first-order valence-corrected chi connectivity index (χ1v) is 10.1. The van der Waals surface area contributed by atoms with Crippen LogP contribution in [0.2, 0.25) is 5.02 Å². The van der Waals surface area contributed by atoms with E-state index in [0.717, 1.165) is 24.0 Å². The van der Waals surface area contributed by atoms with Gasteiger partial charge in [0, 0.05) is 43.4 Å². The number of carbonyl (C=O) groups excluding carboxylic acids is 2. The third-order valence-corrected chi connectivity index (χ3v) is 5.65. The Balaban J connectivity index is 1.36. The molecule has 0 aliphatic carbocycles. The van der Waals surface area contributed by atoms with Gasteiger partial charge < -0.3 is 14.5 Å². The van der Waals surface area contributed by atoms with Crippen molar-refractivity contribution in [1.29, 1.82) is 0 Å². The maximum atomic E-state index is 12.8. The van der Waals surface area contributed by atoms with Crippen LogP contribution >= 0.6 is 11.6 Å². The second-order valence-corrected chi connectivity index (χ2v) is 7.64. The third kappa shape index (κ3) is 4.05. The Hall–Kier alpha value is -2.37. The van der Waals surface area contributed by atoms with Gasteiger partial charge in [-0.1, -0.05) is 35.9 Å². The summed E-state index contributed by atoms with van der Waals surface area (Å²) >= 11 is 5.94. The molecule has 0 spiro atoms. The van der Waals surface area contributed by atoms with Crippen LogP contribution in [0.3, 0.4) is 0 Å². The molecule has 2 saturated heterocycles. The quantitative estimate of drug-likeness (QED) is 0.795. The topological polar surface area (TPSA) is 49.9 Å². The van der Waals surface area contributed by atoms with E-state index in [1.54, 1.807) is 0 Å². The second-order valence-electron chi connectivity index (χ2n) is 7.20. The Kier molecular flexibility index (Phi) is 5.64. The maximum Gasteiger partial charge on any atom is 0.253 e. The molecule has 6 heteroatoms. The van der Waals surface area contributed by atoms with Crippen LogP contribution in [0.15, 0.2) is 48.5 Å². The lowest BCUT2D eigenvalue weighted by Crippen LogP contribution is -2.52. The molecule has 2 aromatic rings. The summed E-state index contributed by atoms with van der Waals surface area (Å²) in [5.41, 5.74) is 2.77. The van der Waals surface area contributed by atoms with Crippen LogP contribution in [0.25, 0.3) is 11.1 Å². The van der Waals surface area contributed by atoms with E-state index in [-0.39, 0.29) is 17.9 Å². The Morgan fingerprint density at radius 2 is 1.43 bits per heavy atom. The van der Waals surface area contributed by atoms with Crippen LogP contribution in [0, 0.1) is 0 Å². The lowest BCUT2D eigenvalue weighted by atomic mass is 10.0. The SMILES string of the molecule is O=C(c1ccc(-c2ccc(Cl)cc2)cc1)N1CCN(C(=O)[C@@H]2CCCO2)CC1. The third-order valence-electron chi connectivity index (χ3n) is 5.39. The van der Waals surface area contributed by atoms with Crippen molar-refractivity contribution >= 4 is 23.4 Å². The van der Waals surface area contributed by atoms with Crippen LogP contribution in [-0.2, 0) is 9.53 Å². The molecule has 1 atom stereocenters. The predicted octanol–water partition coefficient (Wildman–Crippen LogP) is 3.47. The van der Waals surface area contributed by atoms with Crippen molar-refractivity contribution in [2.75, 3.05) is 32.8 Å². The molecule has 0 saturated carbocycles. The molecule has 2 aromatic carbocycles. The zero-order chi connectivity index (χ0) is 19.5. The van der Waals surface area contributed by atoms with E-state index in [0.29, 0.717) is 43.4 Å². The molecule has 2 amide bonds. The van der Waals surface area contributed by atoms with Crippen LogP contribution in [0.1, 0.15) is 23.2 Å². The van der Waals surface area contributed by atoms with Crippen molar-refractivity contribution < 1.29 is 14.3 Å². The molecule has 0 aromatic heterocycles. The molecule has 146 valence electrons. The van der Waals surface area contributed by atoms with E-state index >= 15 is 0 Å². The molecule has 0 bridgehead atoms. The molecule has 28 heavy (non-hydrogen) atoms. The van der Waals surface area contributed by atoms with Gasteiger partial charge >= 0.3 is 0 Å². The molecule has 0 unspecified atom stereocenters. The maximum absolute atomic E-state index is 12.8. The Labute approximate surface area is 169 Å². The van der Waals surface area contributed by atoms with Gasteiger partial charge in [-0.25, -0.2) is 0 Å². The average Bonchev–Trinajstić information content (AvgIpc) is 3.28. The summed E-state index contributed by atoms with van der Waals surface area (Å²) in [5, 5.41) is 0.702. The average molecular weight is 399 g/mol. The normalized spacial score (nSPS) is 19.7. The summed E-state index contributed by atoms with van der Waals surface area (Å²) in [4.78, 5) is 28.9. The van der Waals surface area contributed by atoms with Gasteiger partial charge in [0.2, 0.25) is 0 Å². The van der Waals surface area contributed by atoms with Crippen molar-refractivity contribution in [3.8, 4) is 11.1 Å². The minimum atomic E-state index is -0.289. The van der Waals surface area contributed by atoms with Gasteiger partial charge in [-0.2, -0.15) is 0 Å². The molecule has 2 aliphatic rings. The summed E-state index contributed by atoms with van der Waals surface area (Å²) < 4.78 is 5.49. The lowest BCUT2D eigenvalue weighted by Gasteiger charge is -2.35. The lowest BCUT2D eigenvalue weighted by molar-refractivity contribution is -0.142. The van der Waals surface area contributed by atoms with Crippen molar-refractivity contribution in [2.45, 2.75) is 18.9 Å². The fourth-order valence-corrected chi connectivity index (χ4v) is 3.86.